The zero-order valence-electron chi connectivity index (χ0n) is 1.82. The van der Waals surface area contributed by atoms with Crippen LogP contribution in [0.3, 0.4) is 0 Å². The molecule has 0 spiro atoms. The van der Waals surface area contributed by atoms with E-state index in [0.717, 1.165) is 0 Å². The maximum atomic E-state index is 2.74. The van der Waals surface area contributed by atoms with Gasteiger partial charge in [-0.05, 0) is 20.7 Å². The molecule has 1 aromatic heterocycles. The molecule has 20 valence electrons. The summed E-state index contributed by atoms with van der Waals surface area (Å²) in [6.07, 6.45) is 0. The van der Waals surface area contributed by atoms with Gasteiger partial charge in [0.15, 0.2) is 0 Å². The molecule has 0 bridgehead atoms. The third-order valence-electron chi connectivity index (χ3n) is 0.167. The van der Waals surface area contributed by atoms with Crippen LogP contribution in [0.2, 0.25) is 0 Å². The summed E-state index contributed by atoms with van der Waals surface area (Å²) in [6.45, 7) is 0. The lowest BCUT2D eigenvalue weighted by Gasteiger charge is -1.52. The van der Waals surface area contributed by atoms with Crippen molar-refractivity contribution in [2.75, 3.05) is 0 Å². The van der Waals surface area contributed by atoms with E-state index in [0.29, 0.717) is 0 Å². The summed E-state index contributed by atoms with van der Waals surface area (Å²) in [6, 6.07) is 0. The van der Waals surface area contributed by atoms with E-state index in [1.165, 1.54) is 0 Å². The van der Waals surface area contributed by atoms with E-state index in [1.54, 1.807) is 20.7 Å². The van der Waals surface area contributed by atoms with Gasteiger partial charge in [0.2, 0.25) is 0 Å². The first kappa shape index (κ1) is 2.25. The summed E-state index contributed by atoms with van der Waals surface area (Å²) in [5.41, 5.74) is 0. The lowest BCUT2D eigenvalue weighted by atomic mass is 11.4. The first-order valence-corrected chi connectivity index (χ1v) is 2.97. The minimum atomic E-state index is 1.59. The molecule has 0 nitrogen and oxygen atoms in total. The highest BCUT2D eigenvalue weighted by Crippen LogP contribution is 1.96. The molecule has 0 saturated carbocycles. The Kier molecular flexibility index (Phi) is 0.422. The second-order valence-electron chi connectivity index (χ2n) is 0.371. The van der Waals surface area contributed by atoms with E-state index >= 15 is 0 Å². The topological polar surface area (TPSA) is 0 Å². The Balaban J connectivity index is 3.00. The molecule has 0 aliphatic rings. The van der Waals surface area contributed by atoms with Crippen LogP contribution in [0.15, 0.2) is 0 Å². The van der Waals surface area contributed by atoms with E-state index < -0.39 is 0 Å². The highest BCUT2D eigenvalue weighted by molar-refractivity contribution is 7.68. The normalized spacial score (nSPS) is 6.00. The number of hydrogen-bond donors (Lipinski definition) is 0. The van der Waals surface area contributed by atoms with E-state index in [1.807, 2.05) is 0 Å². The summed E-state index contributed by atoms with van der Waals surface area (Å²) >= 11 is 0. The first-order chi connectivity index (χ1) is 2.00. The molecule has 1 aromatic rings. The van der Waals surface area contributed by atoms with Crippen molar-refractivity contribution in [2.24, 2.45) is 0 Å². The molecule has 4 heavy (non-hydrogen) atoms. The van der Waals surface area contributed by atoms with Gasteiger partial charge in [0.05, 0.1) is 0 Å². The van der Waals surface area contributed by atoms with Crippen LogP contribution in [0.25, 0.3) is 0 Å². The molecule has 0 aliphatic carbocycles. The van der Waals surface area contributed by atoms with Gasteiger partial charge in [-0.15, -0.1) is 0 Å². The Hall–Kier alpha value is 0. The van der Waals surface area contributed by atoms with E-state index in [2.05, 4.69) is 10.8 Å². The fraction of sp³-hybridized carbons (Fsp3) is 0. The van der Waals surface area contributed by atoms with Crippen LogP contribution < -0.4 is 0 Å². The van der Waals surface area contributed by atoms with Gasteiger partial charge in [-0.3, -0.25) is 0 Å². The van der Waals surface area contributed by atoms with E-state index in [-0.39, 0.29) is 0 Å². The molecular weight excluding hydrogens is 88.2 g/mol. The van der Waals surface area contributed by atoms with Gasteiger partial charge in [-0.2, -0.15) is 0 Å². The third kappa shape index (κ3) is 0.125. The molecule has 0 radical (unpaired) electrons. The molecule has 0 atom stereocenters. The fourth-order valence-electron chi connectivity index (χ4n) is 0.0417. The third-order valence-corrected chi connectivity index (χ3v) is 1.50. The summed E-state index contributed by atoms with van der Waals surface area (Å²) in [7, 11) is 3.19. The summed E-state index contributed by atoms with van der Waals surface area (Å²) in [4.78, 5) is 0. The Bertz CT molecular complexity index is 45.8. The number of hydrogen-bond acceptors (Lipinski definition) is 2. The van der Waals surface area contributed by atoms with E-state index in [4.69, 9.17) is 0 Å². The van der Waals surface area contributed by atoms with Gasteiger partial charge >= 0.3 is 0 Å². The molecule has 0 aliphatic heterocycles. The average Bonchev–Trinajstić information content (AvgIpc) is 0.722. The van der Waals surface area contributed by atoms with Crippen molar-refractivity contribution in [1.82, 2.24) is 0 Å². The van der Waals surface area contributed by atoms with Gasteiger partial charge < -0.3 is 0 Å². The quantitative estimate of drug-likeness (QED) is 0.421. The molecule has 0 amide bonds. The minimum absolute atomic E-state index is 1.59. The second-order valence-corrected chi connectivity index (χ2v) is 2.11. The molecule has 2 heteroatoms. The second kappa shape index (κ2) is 0.750. The maximum absolute atomic E-state index is 2.74. The Labute approximate surface area is 32.1 Å². The minimum Gasteiger partial charge on any atom is -0.0174 e. The Morgan fingerprint density at radius 1 is 1.00 bits per heavy atom. The van der Waals surface area contributed by atoms with Crippen molar-refractivity contribution >= 4 is 20.7 Å². The van der Waals surface area contributed by atoms with Crippen molar-refractivity contribution < 1.29 is 0 Å². The van der Waals surface area contributed by atoms with Crippen molar-refractivity contribution in [2.45, 2.75) is 0 Å². The Morgan fingerprint density at radius 2 is 1.25 bits per heavy atom. The summed E-state index contributed by atoms with van der Waals surface area (Å²) in [5, 5.41) is 5.48. The highest BCUT2D eigenvalue weighted by Gasteiger charge is 1.52. The van der Waals surface area contributed by atoms with Crippen LogP contribution >= 0.6 is 20.7 Å². The van der Waals surface area contributed by atoms with Crippen LogP contribution in [0.4, 0.5) is 0 Å². The molecule has 0 saturated heterocycles. The van der Waals surface area contributed by atoms with Crippen molar-refractivity contribution in [3.8, 4) is 0 Å². The molecular formula is C2S2. The predicted molar refractivity (Wildman–Crippen MR) is 19.9 cm³/mol. The predicted octanol–water partition coefficient (Wildman–Crippen LogP) is 1.41. The Morgan fingerprint density at radius 3 is 1.25 bits per heavy atom. The van der Waals surface area contributed by atoms with Crippen LogP contribution in [0, 0.1) is 10.8 Å². The van der Waals surface area contributed by atoms with Gasteiger partial charge in [-0.1, -0.05) is 0 Å². The molecule has 1 rings (SSSR count). The average molecular weight is 88.2 g/mol. The zero-order valence-corrected chi connectivity index (χ0v) is 3.45. The molecule has 0 aromatic carbocycles. The molecule has 1 heterocycles. The van der Waals surface area contributed by atoms with Crippen LogP contribution in [0.5, 0.6) is 0 Å². The van der Waals surface area contributed by atoms with Crippen LogP contribution in [-0.2, 0) is 0 Å². The van der Waals surface area contributed by atoms with Crippen LogP contribution in [-0.4, -0.2) is 0 Å². The smallest absolute Gasteiger partial charge is 0.0174 e. The molecule has 0 unspecified atom stereocenters. The first-order valence-electron chi connectivity index (χ1n) is 0.825. The zero-order chi connectivity index (χ0) is 2.83. The molecule has 0 fully saturated rings. The van der Waals surface area contributed by atoms with Gasteiger partial charge in [-0.25, -0.2) is 0 Å². The monoisotopic (exact) mass is 87.9 g/mol. The van der Waals surface area contributed by atoms with Gasteiger partial charge in [0.25, 0.3) is 0 Å². The maximum Gasteiger partial charge on any atom is 0.0174 e. The lowest BCUT2D eigenvalue weighted by molar-refractivity contribution is 2.47. The fourth-order valence-corrected chi connectivity index (χ4v) is 0.375. The largest absolute Gasteiger partial charge is 0.0174 e. The summed E-state index contributed by atoms with van der Waals surface area (Å²) in [5.74, 6) is 0. The SMILES string of the molecule is c1ssc#1. The van der Waals surface area contributed by atoms with Crippen LogP contribution in [0.1, 0.15) is 0 Å². The molecule has 0 N–H and O–H groups in total. The van der Waals surface area contributed by atoms with Gasteiger partial charge in [0, 0.05) is 10.8 Å². The summed E-state index contributed by atoms with van der Waals surface area (Å²) < 4.78 is 0. The van der Waals surface area contributed by atoms with Crippen molar-refractivity contribution in [1.29, 1.82) is 0 Å². The standard InChI is InChI=1S/C2S2/c1-2-4-3-1. The van der Waals surface area contributed by atoms with Crippen molar-refractivity contribution in [3.63, 3.8) is 0 Å². The number of rotatable bonds is 0. The highest BCUT2D eigenvalue weighted by atomic mass is 32.9. The van der Waals surface area contributed by atoms with Gasteiger partial charge in [0.1, 0.15) is 0 Å². The lowest BCUT2D eigenvalue weighted by Crippen LogP contribution is -1.17. The van der Waals surface area contributed by atoms with E-state index in [9.17, 15) is 0 Å². The van der Waals surface area contributed by atoms with Crippen molar-refractivity contribution in [3.05, 3.63) is 10.8 Å².